The van der Waals surface area contributed by atoms with Crippen molar-refractivity contribution in [1.29, 1.82) is 0 Å². The molecule has 0 radical (unpaired) electrons. The van der Waals surface area contributed by atoms with Crippen LogP contribution < -0.4 is 15.8 Å². The van der Waals surface area contributed by atoms with Crippen molar-refractivity contribution >= 4 is 17.6 Å². The van der Waals surface area contributed by atoms with Crippen LogP contribution >= 0.6 is 0 Å². The van der Waals surface area contributed by atoms with Gasteiger partial charge < -0.3 is 10.1 Å². The van der Waals surface area contributed by atoms with Gasteiger partial charge in [0.25, 0.3) is 0 Å². The van der Waals surface area contributed by atoms with E-state index in [0.29, 0.717) is 11.3 Å². The maximum Gasteiger partial charge on any atom is 0.343 e. The lowest BCUT2D eigenvalue weighted by Gasteiger charge is -2.27. The van der Waals surface area contributed by atoms with Crippen LogP contribution in [0.15, 0.2) is 84.2 Å². The summed E-state index contributed by atoms with van der Waals surface area (Å²) in [6.07, 6.45) is 11.0. The van der Waals surface area contributed by atoms with Crippen molar-refractivity contribution in [3.8, 4) is 0 Å². The van der Waals surface area contributed by atoms with Crippen LogP contribution in [0.2, 0.25) is 0 Å². The molecule has 156 valence electrons. The van der Waals surface area contributed by atoms with Crippen molar-refractivity contribution in [3.63, 3.8) is 0 Å². The van der Waals surface area contributed by atoms with Gasteiger partial charge in [0.15, 0.2) is 0 Å². The van der Waals surface area contributed by atoms with Crippen LogP contribution in [0.25, 0.3) is 11.6 Å². The third-order valence-electron chi connectivity index (χ3n) is 5.98. The zero-order valence-corrected chi connectivity index (χ0v) is 17.5. The Morgan fingerprint density at radius 2 is 1.94 bits per heavy atom. The molecule has 1 saturated heterocycles. The van der Waals surface area contributed by atoms with Crippen LogP contribution in [0.5, 0.6) is 0 Å². The number of esters is 1. The van der Waals surface area contributed by atoms with E-state index >= 15 is 0 Å². The maximum atomic E-state index is 12.8. The summed E-state index contributed by atoms with van der Waals surface area (Å²) >= 11 is 0. The van der Waals surface area contributed by atoms with E-state index in [1.54, 1.807) is 0 Å². The van der Waals surface area contributed by atoms with E-state index in [1.165, 1.54) is 16.0 Å². The van der Waals surface area contributed by atoms with Gasteiger partial charge in [0.1, 0.15) is 5.76 Å². The largest absolute Gasteiger partial charge is 0.423 e. The second-order valence-electron chi connectivity index (χ2n) is 8.12. The van der Waals surface area contributed by atoms with Gasteiger partial charge in [-0.3, -0.25) is 4.90 Å². The molecule has 2 aromatic rings. The summed E-state index contributed by atoms with van der Waals surface area (Å²) in [6, 6.07) is 16.2. The Balaban J connectivity index is 1.32. The van der Waals surface area contributed by atoms with Crippen molar-refractivity contribution in [3.05, 3.63) is 106 Å². The Morgan fingerprint density at radius 3 is 2.84 bits per heavy atom. The summed E-state index contributed by atoms with van der Waals surface area (Å²) in [5.41, 5.74) is 4.09. The summed E-state index contributed by atoms with van der Waals surface area (Å²) in [7, 11) is 0. The minimum atomic E-state index is -0.307. The fourth-order valence-corrected chi connectivity index (χ4v) is 4.37. The van der Waals surface area contributed by atoms with Crippen LogP contribution in [0.3, 0.4) is 0 Å². The standard InChI is InChI=1S/C27H26N2O2/c30-27(23-9-3-5-20(17-23)19-29-15-13-28-14-16-29)31-24-11-12-26-22(18-24)8-4-7-21-6-1-2-10-25(21)26/h1-11,17-18,28H,12-16,19H2. The second kappa shape index (κ2) is 8.88. The van der Waals surface area contributed by atoms with Crippen molar-refractivity contribution in [2.75, 3.05) is 26.2 Å². The molecular formula is C27H26N2O2. The molecule has 0 bridgehead atoms. The number of hydrogen-bond donors (Lipinski definition) is 1. The van der Waals surface area contributed by atoms with Gasteiger partial charge in [-0.2, -0.15) is 0 Å². The minimum absolute atomic E-state index is 0.307. The minimum Gasteiger partial charge on any atom is -0.423 e. The molecule has 5 rings (SSSR count). The van der Waals surface area contributed by atoms with E-state index in [1.807, 2.05) is 30.4 Å². The number of carbonyl (C=O) groups excluding carboxylic acids is 1. The summed E-state index contributed by atoms with van der Waals surface area (Å²) < 4.78 is 5.76. The number of allylic oxidation sites excluding steroid dienone is 5. The maximum absolute atomic E-state index is 12.8. The monoisotopic (exact) mass is 410 g/mol. The fourth-order valence-electron chi connectivity index (χ4n) is 4.37. The first-order valence-electron chi connectivity index (χ1n) is 10.9. The van der Waals surface area contributed by atoms with Crippen molar-refractivity contribution in [1.82, 2.24) is 10.2 Å². The lowest BCUT2D eigenvalue weighted by Crippen LogP contribution is -2.42. The van der Waals surface area contributed by atoms with Crippen LogP contribution in [0.4, 0.5) is 0 Å². The molecule has 1 fully saturated rings. The highest BCUT2D eigenvalue weighted by molar-refractivity contribution is 5.90. The molecule has 4 heteroatoms. The van der Waals surface area contributed by atoms with Gasteiger partial charge in [0.05, 0.1) is 5.56 Å². The average molecular weight is 411 g/mol. The molecule has 2 aliphatic carbocycles. The lowest BCUT2D eigenvalue weighted by atomic mass is 9.95. The van der Waals surface area contributed by atoms with Crippen LogP contribution in [0, 0.1) is 0 Å². The highest BCUT2D eigenvalue weighted by atomic mass is 16.5. The average Bonchev–Trinajstić information content (AvgIpc) is 2.99. The molecule has 1 heterocycles. The molecule has 0 atom stereocenters. The first-order chi connectivity index (χ1) is 15.3. The Morgan fingerprint density at radius 1 is 1.06 bits per heavy atom. The van der Waals surface area contributed by atoms with Gasteiger partial charge in [-0.25, -0.2) is 4.79 Å². The molecule has 0 aromatic heterocycles. The molecule has 1 aliphatic heterocycles. The highest BCUT2D eigenvalue weighted by Crippen LogP contribution is 2.26. The smallest absolute Gasteiger partial charge is 0.343 e. The van der Waals surface area contributed by atoms with Crippen molar-refractivity contribution in [2.24, 2.45) is 0 Å². The zero-order valence-electron chi connectivity index (χ0n) is 17.5. The number of benzene rings is 2. The van der Waals surface area contributed by atoms with Crippen LogP contribution in [-0.2, 0) is 11.3 Å². The first-order valence-corrected chi connectivity index (χ1v) is 10.9. The number of rotatable bonds is 4. The van der Waals surface area contributed by atoms with Gasteiger partial charge in [0, 0.05) is 32.7 Å². The second-order valence-corrected chi connectivity index (χ2v) is 8.12. The van der Waals surface area contributed by atoms with Crippen molar-refractivity contribution in [2.45, 2.75) is 13.0 Å². The van der Waals surface area contributed by atoms with Crippen LogP contribution in [0.1, 0.15) is 22.3 Å². The lowest BCUT2D eigenvalue weighted by molar-refractivity contribution is 0.0635. The fraction of sp³-hybridized carbons (Fsp3) is 0.222. The number of fused-ring (bicyclic) bond motifs is 2. The van der Waals surface area contributed by atoms with E-state index in [9.17, 15) is 4.79 Å². The molecule has 0 saturated carbocycles. The Kier molecular flexibility index (Phi) is 5.65. The SMILES string of the molecule is O=C(OC1=CCC2=c3ccccc3=CC=CC2=C1)c1cccc(CN2CCNCC2)c1. The predicted octanol–water partition coefficient (Wildman–Crippen LogP) is 2.66. The third-order valence-corrected chi connectivity index (χ3v) is 5.98. The molecule has 0 amide bonds. The summed E-state index contributed by atoms with van der Waals surface area (Å²) in [5.74, 6) is 0.304. The van der Waals surface area contributed by atoms with Crippen molar-refractivity contribution < 1.29 is 9.53 Å². The molecule has 0 spiro atoms. The number of ether oxygens (including phenoxy) is 1. The summed E-state index contributed by atoms with van der Waals surface area (Å²) in [5, 5.41) is 5.82. The van der Waals surface area contributed by atoms with Gasteiger partial charge in [-0.1, -0.05) is 54.6 Å². The Labute approximate surface area is 182 Å². The summed E-state index contributed by atoms with van der Waals surface area (Å²) in [4.78, 5) is 15.2. The molecule has 3 aliphatic rings. The number of nitrogens with one attached hydrogen (secondary N) is 1. The first kappa shape index (κ1) is 19.7. The Bertz CT molecular complexity index is 1210. The predicted molar refractivity (Wildman–Crippen MR) is 123 cm³/mol. The van der Waals surface area contributed by atoms with Gasteiger partial charge in [0.2, 0.25) is 0 Å². The van der Waals surface area contributed by atoms with E-state index < -0.39 is 0 Å². The number of hydrogen-bond acceptors (Lipinski definition) is 4. The summed E-state index contributed by atoms with van der Waals surface area (Å²) in [6.45, 7) is 4.94. The van der Waals surface area contributed by atoms with E-state index in [4.69, 9.17) is 4.74 Å². The van der Waals surface area contributed by atoms with Gasteiger partial charge in [-0.15, -0.1) is 0 Å². The number of nitrogens with zero attached hydrogens (tertiary/aromatic N) is 1. The van der Waals surface area contributed by atoms with E-state index in [0.717, 1.165) is 50.3 Å². The third kappa shape index (κ3) is 4.46. The van der Waals surface area contributed by atoms with E-state index in [2.05, 4.69) is 58.8 Å². The molecule has 2 aromatic carbocycles. The molecule has 1 N–H and O–H groups in total. The van der Waals surface area contributed by atoms with Gasteiger partial charge in [-0.05, 0) is 57.9 Å². The number of carbonyl (C=O) groups is 1. The van der Waals surface area contributed by atoms with Crippen LogP contribution in [-0.4, -0.2) is 37.0 Å². The Hall–Kier alpha value is -3.21. The zero-order chi connectivity index (χ0) is 21.0. The molecule has 0 unspecified atom stereocenters. The normalized spacial score (nSPS) is 18.1. The van der Waals surface area contributed by atoms with Gasteiger partial charge >= 0.3 is 5.97 Å². The topological polar surface area (TPSA) is 41.6 Å². The molecule has 31 heavy (non-hydrogen) atoms. The quantitative estimate of drug-likeness (QED) is 0.787. The molecular weight excluding hydrogens is 384 g/mol. The molecule has 4 nitrogen and oxygen atoms in total. The highest BCUT2D eigenvalue weighted by Gasteiger charge is 2.17. The number of piperazine rings is 1. The van der Waals surface area contributed by atoms with E-state index in [-0.39, 0.29) is 5.97 Å².